The van der Waals surface area contributed by atoms with Crippen LogP contribution in [-0.2, 0) is 11.2 Å². The Hall–Kier alpha value is -2.44. The van der Waals surface area contributed by atoms with E-state index in [9.17, 15) is 4.79 Å². The third-order valence-corrected chi connectivity index (χ3v) is 3.70. The molecule has 7 heteroatoms. The van der Waals surface area contributed by atoms with Crippen molar-refractivity contribution in [3.05, 3.63) is 23.8 Å². The van der Waals surface area contributed by atoms with Gasteiger partial charge >= 0.3 is 0 Å². The Kier molecular flexibility index (Phi) is 9.97. The lowest BCUT2D eigenvalue weighted by Crippen LogP contribution is -2.42. The van der Waals surface area contributed by atoms with Crippen LogP contribution in [-0.4, -0.2) is 52.3 Å². The molecule has 0 aliphatic rings. The molecule has 1 aromatic rings. The maximum atomic E-state index is 11.5. The number of hydrogen-bond donors (Lipinski definition) is 3. The number of carbonyl (C=O) groups excluding carboxylic acids is 1. The van der Waals surface area contributed by atoms with Gasteiger partial charge in [0.2, 0.25) is 5.91 Å². The smallest absolute Gasteiger partial charge is 0.222 e. The van der Waals surface area contributed by atoms with Crippen molar-refractivity contribution in [1.29, 1.82) is 0 Å². The second kappa shape index (κ2) is 12.0. The minimum absolute atomic E-state index is 0.00149. The summed E-state index contributed by atoms with van der Waals surface area (Å²) in [6.45, 7) is 8.39. The van der Waals surface area contributed by atoms with E-state index in [1.54, 1.807) is 14.2 Å². The summed E-state index contributed by atoms with van der Waals surface area (Å²) in [6, 6.07) is 5.88. The van der Waals surface area contributed by atoms with Gasteiger partial charge in [-0.25, -0.2) is 0 Å². The zero-order valence-corrected chi connectivity index (χ0v) is 16.5. The molecule has 0 atom stereocenters. The molecule has 0 bridgehead atoms. The molecule has 1 aromatic carbocycles. The summed E-state index contributed by atoms with van der Waals surface area (Å²) in [7, 11) is 3.25. The zero-order chi connectivity index (χ0) is 19.4. The van der Waals surface area contributed by atoms with Gasteiger partial charge < -0.3 is 25.4 Å². The monoisotopic (exact) mass is 364 g/mol. The fourth-order valence-corrected chi connectivity index (χ4v) is 2.25. The number of amides is 1. The lowest BCUT2D eigenvalue weighted by molar-refractivity contribution is -0.123. The van der Waals surface area contributed by atoms with Gasteiger partial charge in [0.05, 0.1) is 14.2 Å². The summed E-state index contributed by atoms with van der Waals surface area (Å²) in [4.78, 5) is 16.1. The van der Waals surface area contributed by atoms with E-state index in [0.717, 1.165) is 36.0 Å². The van der Waals surface area contributed by atoms with Gasteiger partial charge in [-0.15, -0.1) is 0 Å². The van der Waals surface area contributed by atoms with Crippen LogP contribution in [0.2, 0.25) is 0 Å². The number of benzene rings is 1. The highest BCUT2D eigenvalue weighted by molar-refractivity contribution is 5.80. The Morgan fingerprint density at radius 2 is 1.77 bits per heavy atom. The van der Waals surface area contributed by atoms with Crippen LogP contribution in [0.25, 0.3) is 0 Å². The van der Waals surface area contributed by atoms with E-state index in [2.05, 4.69) is 20.9 Å². The third-order valence-electron chi connectivity index (χ3n) is 3.70. The highest BCUT2D eigenvalue weighted by atomic mass is 16.5. The SMILES string of the molecule is CCNC(=NCCc1ccc(OC)c(OC)c1)NCCNC(=O)C(C)C. The molecule has 0 fully saturated rings. The molecule has 26 heavy (non-hydrogen) atoms. The zero-order valence-electron chi connectivity index (χ0n) is 16.5. The molecule has 0 spiro atoms. The maximum absolute atomic E-state index is 11.5. The van der Waals surface area contributed by atoms with Crippen molar-refractivity contribution in [2.75, 3.05) is 40.4 Å². The third kappa shape index (κ3) is 7.63. The van der Waals surface area contributed by atoms with Crippen LogP contribution >= 0.6 is 0 Å². The van der Waals surface area contributed by atoms with Crippen LogP contribution in [0, 0.1) is 5.92 Å². The highest BCUT2D eigenvalue weighted by Gasteiger charge is 2.06. The lowest BCUT2D eigenvalue weighted by Gasteiger charge is -2.13. The first kappa shape index (κ1) is 21.6. The van der Waals surface area contributed by atoms with E-state index in [4.69, 9.17) is 9.47 Å². The number of hydrogen-bond acceptors (Lipinski definition) is 4. The van der Waals surface area contributed by atoms with E-state index in [1.165, 1.54) is 0 Å². The van der Waals surface area contributed by atoms with E-state index in [1.807, 2.05) is 39.0 Å². The summed E-state index contributed by atoms with van der Waals surface area (Å²) >= 11 is 0. The van der Waals surface area contributed by atoms with Gasteiger partial charge in [0.25, 0.3) is 0 Å². The number of guanidine groups is 1. The van der Waals surface area contributed by atoms with E-state index >= 15 is 0 Å². The number of carbonyl (C=O) groups is 1. The van der Waals surface area contributed by atoms with Gasteiger partial charge in [0.1, 0.15) is 0 Å². The van der Waals surface area contributed by atoms with E-state index in [0.29, 0.717) is 19.6 Å². The van der Waals surface area contributed by atoms with Crippen molar-refractivity contribution in [1.82, 2.24) is 16.0 Å². The number of ether oxygens (including phenoxy) is 2. The standard InChI is InChI=1S/C19H32N4O3/c1-6-20-19(23-12-11-21-18(24)14(2)3)22-10-9-15-7-8-16(25-4)17(13-15)26-5/h7-8,13-14H,6,9-12H2,1-5H3,(H,21,24)(H2,20,22,23). The first-order chi connectivity index (χ1) is 12.5. The van der Waals surface area contributed by atoms with Gasteiger partial charge in [-0.2, -0.15) is 0 Å². The molecule has 0 aromatic heterocycles. The Morgan fingerprint density at radius 3 is 2.38 bits per heavy atom. The molecule has 7 nitrogen and oxygen atoms in total. The molecule has 0 saturated carbocycles. The summed E-state index contributed by atoms with van der Waals surface area (Å²) in [5.74, 6) is 2.24. The predicted octanol–water partition coefficient (Wildman–Crippen LogP) is 1.57. The highest BCUT2D eigenvalue weighted by Crippen LogP contribution is 2.27. The van der Waals surface area contributed by atoms with Gasteiger partial charge in [-0.3, -0.25) is 9.79 Å². The molecule has 3 N–H and O–H groups in total. The maximum Gasteiger partial charge on any atom is 0.222 e. The Labute approximate surface area is 156 Å². The van der Waals surface area contributed by atoms with Crippen molar-refractivity contribution in [3.8, 4) is 11.5 Å². The Balaban J connectivity index is 2.49. The molecule has 1 rings (SSSR count). The van der Waals surface area contributed by atoms with Gasteiger partial charge in [-0.05, 0) is 31.0 Å². The number of methoxy groups -OCH3 is 2. The average molecular weight is 364 g/mol. The summed E-state index contributed by atoms with van der Waals surface area (Å²) in [5.41, 5.74) is 1.13. The quantitative estimate of drug-likeness (QED) is 0.333. The molecule has 1 amide bonds. The Morgan fingerprint density at radius 1 is 1.08 bits per heavy atom. The Bertz CT molecular complexity index is 588. The van der Waals surface area contributed by atoms with Crippen molar-refractivity contribution < 1.29 is 14.3 Å². The molecular formula is C19H32N4O3. The first-order valence-corrected chi connectivity index (χ1v) is 9.02. The number of nitrogens with zero attached hydrogens (tertiary/aromatic N) is 1. The van der Waals surface area contributed by atoms with Crippen molar-refractivity contribution in [2.45, 2.75) is 27.2 Å². The van der Waals surface area contributed by atoms with Crippen LogP contribution in [0.4, 0.5) is 0 Å². The number of nitrogens with one attached hydrogen (secondary N) is 3. The van der Waals surface area contributed by atoms with Crippen LogP contribution in [0.3, 0.4) is 0 Å². The second-order valence-electron chi connectivity index (χ2n) is 6.07. The van der Waals surface area contributed by atoms with Crippen molar-refractivity contribution in [2.24, 2.45) is 10.9 Å². The van der Waals surface area contributed by atoms with Gasteiger partial charge in [0, 0.05) is 32.1 Å². The second-order valence-corrected chi connectivity index (χ2v) is 6.07. The minimum Gasteiger partial charge on any atom is -0.493 e. The van der Waals surface area contributed by atoms with Crippen LogP contribution in [0.15, 0.2) is 23.2 Å². The van der Waals surface area contributed by atoms with Crippen molar-refractivity contribution in [3.63, 3.8) is 0 Å². The van der Waals surface area contributed by atoms with Gasteiger partial charge in [0.15, 0.2) is 17.5 Å². The molecule has 0 saturated heterocycles. The summed E-state index contributed by atoms with van der Waals surface area (Å²) in [6.07, 6.45) is 0.793. The average Bonchev–Trinajstić information content (AvgIpc) is 2.64. The first-order valence-electron chi connectivity index (χ1n) is 9.02. The molecular weight excluding hydrogens is 332 g/mol. The predicted molar refractivity (Wildman–Crippen MR) is 105 cm³/mol. The van der Waals surface area contributed by atoms with Crippen LogP contribution in [0.1, 0.15) is 26.3 Å². The lowest BCUT2D eigenvalue weighted by atomic mass is 10.1. The van der Waals surface area contributed by atoms with E-state index in [-0.39, 0.29) is 11.8 Å². The van der Waals surface area contributed by atoms with Crippen LogP contribution in [0.5, 0.6) is 11.5 Å². The fourth-order valence-electron chi connectivity index (χ4n) is 2.25. The molecule has 146 valence electrons. The topological polar surface area (TPSA) is 84.0 Å². The summed E-state index contributed by atoms with van der Waals surface area (Å²) in [5, 5.41) is 9.30. The van der Waals surface area contributed by atoms with Gasteiger partial charge in [-0.1, -0.05) is 19.9 Å². The largest absolute Gasteiger partial charge is 0.493 e. The molecule has 0 heterocycles. The minimum atomic E-state index is -0.00149. The molecule has 0 unspecified atom stereocenters. The van der Waals surface area contributed by atoms with Crippen molar-refractivity contribution >= 4 is 11.9 Å². The molecule has 0 aliphatic carbocycles. The molecule has 0 aliphatic heterocycles. The number of rotatable bonds is 10. The molecule has 0 radical (unpaired) electrons. The number of aliphatic imine (C=N–C) groups is 1. The van der Waals surface area contributed by atoms with E-state index < -0.39 is 0 Å². The normalized spacial score (nSPS) is 11.2. The fraction of sp³-hybridized carbons (Fsp3) is 0.579. The van der Waals surface area contributed by atoms with Crippen LogP contribution < -0.4 is 25.4 Å². The summed E-state index contributed by atoms with van der Waals surface area (Å²) < 4.78 is 10.6.